The van der Waals surface area contributed by atoms with Crippen molar-refractivity contribution in [2.45, 2.75) is 90.8 Å². The smallest absolute Gasteiger partial charge is 0.306 e. The van der Waals surface area contributed by atoms with Crippen LogP contribution in [0, 0.1) is 17.8 Å². The number of hydrogen-bond donors (Lipinski definition) is 2. The van der Waals surface area contributed by atoms with E-state index in [4.69, 9.17) is 4.74 Å². The number of esters is 1. The number of thiazole rings is 1. The number of hydrogen-bond acceptors (Lipinski definition) is 7. The summed E-state index contributed by atoms with van der Waals surface area (Å²) in [6, 6.07) is 8.99. The van der Waals surface area contributed by atoms with Crippen LogP contribution in [0.3, 0.4) is 0 Å². The summed E-state index contributed by atoms with van der Waals surface area (Å²) in [7, 11) is 1.80. The van der Waals surface area contributed by atoms with Crippen LogP contribution >= 0.6 is 11.3 Å². The van der Waals surface area contributed by atoms with Crippen LogP contribution in [0.15, 0.2) is 35.7 Å². The van der Waals surface area contributed by atoms with Crippen LogP contribution in [-0.2, 0) is 25.5 Å². The molecule has 1 aromatic carbocycles. The van der Waals surface area contributed by atoms with Crippen LogP contribution in [0.4, 0.5) is 0 Å². The van der Waals surface area contributed by atoms with Gasteiger partial charge in [0.05, 0.1) is 5.92 Å². The van der Waals surface area contributed by atoms with Gasteiger partial charge in [-0.1, -0.05) is 63.9 Å². The Kier molecular flexibility index (Phi) is 11.9. The molecule has 4 unspecified atom stereocenters. The van der Waals surface area contributed by atoms with Gasteiger partial charge in [-0.3, -0.25) is 19.2 Å². The lowest BCUT2D eigenvalue weighted by Crippen LogP contribution is -2.41. The van der Waals surface area contributed by atoms with Crippen molar-refractivity contribution in [1.29, 1.82) is 0 Å². The van der Waals surface area contributed by atoms with Gasteiger partial charge in [0.1, 0.15) is 10.7 Å². The molecule has 0 radical (unpaired) electrons. The van der Waals surface area contributed by atoms with Gasteiger partial charge in [0, 0.05) is 44.3 Å². The van der Waals surface area contributed by atoms with Gasteiger partial charge in [-0.05, 0) is 36.7 Å². The van der Waals surface area contributed by atoms with E-state index in [2.05, 4.69) is 10.3 Å². The number of ether oxygens (including phenoxy) is 1. The summed E-state index contributed by atoms with van der Waals surface area (Å²) in [5, 5.41) is 14.5. The highest BCUT2D eigenvalue weighted by molar-refractivity contribution is 7.09. The number of carbonyl (C=O) groups excluding carboxylic acids is 3. The molecule has 224 valence electrons. The van der Waals surface area contributed by atoms with E-state index >= 15 is 0 Å². The second-order valence-corrected chi connectivity index (χ2v) is 12.4. The lowest BCUT2D eigenvalue weighted by molar-refractivity contribution is -0.148. The van der Waals surface area contributed by atoms with Gasteiger partial charge >= 0.3 is 11.9 Å². The summed E-state index contributed by atoms with van der Waals surface area (Å²) >= 11 is 1.23. The van der Waals surface area contributed by atoms with Crippen molar-refractivity contribution in [3.05, 3.63) is 52.0 Å². The zero-order valence-corrected chi connectivity index (χ0v) is 25.5. The topological polar surface area (TPSA) is 126 Å². The molecule has 10 heteroatoms. The van der Waals surface area contributed by atoms with Crippen molar-refractivity contribution in [3.63, 3.8) is 0 Å². The molecule has 4 atom stereocenters. The average Bonchev–Trinajstić information content (AvgIpc) is 3.62. The fourth-order valence-corrected chi connectivity index (χ4v) is 5.85. The molecule has 1 saturated carbocycles. The average molecular weight is 586 g/mol. The summed E-state index contributed by atoms with van der Waals surface area (Å²) in [6.45, 7) is 7.02. The molecular formula is C31H43N3O6S. The molecule has 1 fully saturated rings. The first kappa shape index (κ1) is 32.2. The third kappa shape index (κ3) is 10.3. The summed E-state index contributed by atoms with van der Waals surface area (Å²) in [4.78, 5) is 56.0. The van der Waals surface area contributed by atoms with Crippen molar-refractivity contribution in [3.8, 4) is 0 Å². The molecule has 2 N–H and O–H groups in total. The Balaban J connectivity index is 1.74. The maximum atomic E-state index is 13.2. The maximum absolute atomic E-state index is 13.2. The number of rotatable bonds is 16. The minimum Gasteiger partial charge on any atom is -0.481 e. The highest BCUT2D eigenvalue weighted by Gasteiger charge is 2.32. The molecule has 3 rings (SSSR count). The number of aliphatic carboxylic acids is 1. The van der Waals surface area contributed by atoms with E-state index in [0.29, 0.717) is 30.2 Å². The number of nitrogens with zero attached hydrogens (tertiary/aromatic N) is 2. The molecule has 41 heavy (non-hydrogen) atoms. The van der Waals surface area contributed by atoms with Crippen molar-refractivity contribution in [2.24, 2.45) is 17.8 Å². The quantitative estimate of drug-likeness (QED) is 0.257. The van der Waals surface area contributed by atoms with E-state index in [9.17, 15) is 24.3 Å². The van der Waals surface area contributed by atoms with Gasteiger partial charge in [-0.15, -0.1) is 11.3 Å². The molecule has 0 bridgehead atoms. The molecule has 1 aliphatic carbocycles. The van der Waals surface area contributed by atoms with Crippen LogP contribution in [0.25, 0.3) is 0 Å². The van der Waals surface area contributed by atoms with E-state index in [1.807, 2.05) is 44.2 Å². The minimum atomic E-state index is -0.923. The van der Waals surface area contributed by atoms with Crippen LogP contribution in [0.5, 0.6) is 0 Å². The molecule has 1 aromatic heterocycles. The fourth-order valence-electron chi connectivity index (χ4n) is 5.01. The van der Waals surface area contributed by atoms with Gasteiger partial charge in [-0.25, -0.2) is 4.98 Å². The summed E-state index contributed by atoms with van der Waals surface area (Å²) in [6.07, 6.45) is 4.21. The second-order valence-electron chi connectivity index (χ2n) is 11.5. The summed E-state index contributed by atoms with van der Waals surface area (Å²) in [5.41, 5.74) is 1.16. The SMILES string of the molecule is CC(=O)OC(CC(C(C)C)N(C)C(=O)CCC1CC1)c1nc(C(=O)NC(Cc2ccccc2)CC(C)C(=O)O)cs1. The number of aromatic nitrogens is 1. The standard InChI is InChI=1S/C31H43N3O6S/c1-19(2)26(34(5)28(36)14-13-22-11-12-22)17-27(40-21(4)35)30-33-25(18-41-30)29(37)32-24(15-20(3)31(38)39)16-23-9-7-6-8-10-23/h6-10,18-20,22,24,26-27H,11-17H2,1-5H3,(H,32,37)(H,38,39). The van der Waals surface area contributed by atoms with Crippen molar-refractivity contribution in [2.75, 3.05) is 7.05 Å². The van der Waals surface area contributed by atoms with Crippen molar-refractivity contribution < 1.29 is 29.0 Å². The van der Waals surface area contributed by atoms with Crippen LogP contribution < -0.4 is 5.32 Å². The van der Waals surface area contributed by atoms with Crippen molar-refractivity contribution in [1.82, 2.24) is 15.2 Å². The number of carboxylic acids is 1. The minimum absolute atomic E-state index is 0.0800. The monoisotopic (exact) mass is 585 g/mol. The zero-order chi connectivity index (χ0) is 30.1. The first-order valence-electron chi connectivity index (χ1n) is 14.4. The largest absolute Gasteiger partial charge is 0.481 e. The molecule has 1 heterocycles. The first-order valence-corrected chi connectivity index (χ1v) is 15.3. The van der Waals surface area contributed by atoms with Gasteiger partial charge in [0.2, 0.25) is 5.91 Å². The third-order valence-corrected chi connectivity index (χ3v) is 8.57. The Labute approximate surface area is 246 Å². The lowest BCUT2D eigenvalue weighted by Gasteiger charge is -2.33. The third-order valence-electron chi connectivity index (χ3n) is 7.64. The summed E-state index contributed by atoms with van der Waals surface area (Å²) < 4.78 is 5.66. The molecular weight excluding hydrogens is 542 g/mol. The Morgan fingerprint density at radius 3 is 2.39 bits per heavy atom. The van der Waals surface area contributed by atoms with Gasteiger partial charge in [0.15, 0.2) is 6.10 Å². The number of carboxylic acid groups (broad SMARTS) is 1. The second kappa shape index (κ2) is 15.1. The van der Waals surface area contributed by atoms with Gasteiger partial charge in [-0.2, -0.15) is 0 Å². The summed E-state index contributed by atoms with van der Waals surface area (Å²) in [5.74, 6) is -1.59. The van der Waals surface area contributed by atoms with Crippen LogP contribution in [-0.4, -0.2) is 57.9 Å². The predicted molar refractivity (Wildman–Crippen MR) is 157 cm³/mol. The van der Waals surface area contributed by atoms with E-state index < -0.39 is 35.9 Å². The number of nitrogens with one attached hydrogen (secondary N) is 1. The highest BCUT2D eigenvalue weighted by Crippen LogP contribution is 2.34. The Morgan fingerprint density at radius 2 is 1.80 bits per heavy atom. The molecule has 9 nitrogen and oxygen atoms in total. The van der Waals surface area contributed by atoms with Crippen LogP contribution in [0.1, 0.15) is 93.4 Å². The molecule has 2 aromatic rings. The van der Waals surface area contributed by atoms with Crippen LogP contribution in [0.2, 0.25) is 0 Å². The predicted octanol–water partition coefficient (Wildman–Crippen LogP) is 5.26. The van der Waals surface area contributed by atoms with E-state index in [1.165, 1.54) is 31.1 Å². The fraction of sp³-hybridized carbons (Fsp3) is 0.581. The number of benzene rings is 1. The molecule has 0 spiro atoms. The van der Waals surface area contributed by atoms with E-state index in [0.717, 1.165) is 12.0 Å². The van der Waals surface area contributed by atoms with E-state index in [-0.39, 0.29) is 30.0 Å². The Morgan fingerprint density at radius 1 is 1.12 bits per heavy atom. The highest BCUT2D eigenvalue weighted by atomic mass is 32.1. The van der Waals surface area contributed by atoms with Crippen molar-refractivity contribution >= 4 is 35.1 Å². The Hall–Kier alpha value is -3.27. The number of carbonyl (C=O) groups is 4. The zero-order valence-electron chi connectivity index (χ0n) is 24.7. The first-order chi connectivity index (χ1) is 19.4. The molecule has 0 aliphatic heterocycles. The lowest BCUT2D eigenvalue weighted by atomic mass is 9.96. The molecule has 1 aliphatic rings. The molecule has 0 saturated heterocycles. The van der Waals surface area contributed by atoms with E-state index in [1.54, 1.807) is 24.3 Å². The van der Waals surface area contributed by atoms with Gasteiger partial charge < -0.3 is 20.1 Å². The number of amides is 2. The maximum Gasteiger partial charge on any atom is 0.306 e. The normalized spacial score (nSPS) is 16.0. The molecule has 2 amide bonds. The van der Waals surface area contributed by atoms with Gasteiger partial charge in [0.25, 0.3) is 5.91 Å². The Bertz CT molecular complexity index is 1180.